The molecular formula is C28H38O8S2. The highest BCUT2D eigenvalue weighted by Crippen LogP contribution is 2.69. The summed E-state index contributed by atoms with van der Waals surface area (Å²) in [7, 11) is -4.24. The van der Waals surface area contributed by atoms with Gasteiger partial charge in [0.2, 0.25) is 0 Å². The van der Waals surface area contributed by atoms with Crippen LogP contribution >= 0.6 is 12.0 Å². The van der Waals surface area contributed by atoms with Gasteiger partial charge in [0.25, 0.3) is 10.1 Å². The van der Waals surface area contributed by atoms with Gasteiger partial charge in [0.05, 0.1) is 18.0 Å². The first-order chi connectivity index (χ1) is 17.7. The molecule has 1 aromatic carbocycles. The lowest BCUT2D eigenvalue weighted by Gasteiger charge is -2.39. The van der Waals surface area contributed by atoms with Crippen LogP contribution in [0.15, 0.2) is 35.4 Å². The molecular weight excluding hydrogens is 528 g/mol. The molecule has 0 amide bonds. The van der Waals surface area contributed by atoms with Gasteiger partial charge in [-0.2, -0.15) is 8.42 Å². The van der Waals surface area contributed by atoms with Crippen molar-refractivity contribution < 1.29 is 37.8 Å². The quantitative estimate of drug-likeness (QED) is 0.113. The fraction of sp³-hybridized carbons (Fsp3) is 0.643. The Bertz CT molecular complexity index is 1250. The highest BCUT2D eigenvalue weighted by atomic mass is 32.2. The SMILES string of the molecule is CC1(C)C2CCC1(CSOOO)C(O)C2=Cc1ccc(C=C2C3CCC(CS(=O)(=O)O)(C2O)C3(C)C)cc1. The number of benzene rings is 1. The maximum atomic E-state index is 11.8. The predicted octanol–water partition coefficient (Wildman–Crippen LogP) is 5.00. The van der Waals surface area contributed by atoms with E-state index in [0.29, 0.717) is 12.2 Å². The molecule has 6 atom stereocenters. The van der Waals surface area contributed by atoms with Crippen LogP contribution in [0.5, 0.6) is 0 Å². The summed E-state index contributed by atoms with van der Waals surface area (Å²) in [6, 6.07) is 7.94. The van der Waals surface area contributed by atoms with Crippen molar-refractivity contribution in [2.45, 2.75) is 65.6 Å². The van der Waals surface area contributed by atoms with Gasteiger partial charge in [-0.25, -0.2) is 5.26 Å². The lowest BCUT2D eigenvalue weighted by atomic mass is 9.70. The molecule has 10 heteroatoms. The molecule has 0 aliphatic heterocycles. The Morgan fingerprint density at radius 2 is 1.34 bits per heavy atom. The summed E-state index contributed by atoms with van der Waals surface area (Å²) < 4.78 is 37.9. The molecule has 0 saturated heterocycles. The van der Waals surface area contributed by atoms with E-state index in [2.05, 4.69) is 29.3 Å². The van der Waals surface area contributed by atoms with E-state index in [4.69, 9.17) is 5.26 Å². The highest BCUT2D eigenvalue weighted by molar-refractivity contribution is 7.94. The number of aliphatic hydroxyl groups is 2. The third kappa shape index (κ3) is 4.06. The highest BCUT2D eigenvalue weighted by Gasteiger charge is 2.67. The van der Waals surface area contributed by atoms with Crippen molar-refractivity contribution in [2.75, 3.05) is 11.5 Å². The number of hydrogen-bond acceptors (Lipinski definition) is 8. The Hall–Kier alpha value is -1.24. The Kier molecular flexibility index (Phi) is 7.01. The van der Waals surface area contributed by atoms with Gasteiger partial charge >= 0.3 is 0 Å². The van der Waals surface area contributed by atoms with Crippen LogP contribution in [0.4, 0.5) is 0 Å². The molecule has 4 aliphatic rings. The Morgan fingerprint density at radius 3 is 1.82 bits per heavy atom. The first kappa shape index (κ1) is 28.3. The molecule has 0 aromatic heterocycles. The molecule has 6 unspecified atom stereocenters. The van der Waals surface area contributed by atoms with Crippen molar-refractivity contribution in [1.82, 2.24) is 0 Å². The van der Waals surface area contributed by atoms with Gasteiger partial charge < -0.3 is 10.2 Å². The van der Waals surface area contributed by atoms with Crippen molar-refractivity contribution in [3.63, 3.8) is 0 Å². The molecule has 4 saturated carbocycles. The summed E-state index contributed by atoms with van der Waals surface area (Å²) in [5, 5.41) is 34.9. The van der Waals surface area contributed by atoms with Crippen molar-refractivity contribution in [3.8, 4) is 0 Å². The summed E-state index contributed by atoms with van der Waals surface area (Å²) in [6.07, 6.45) is 5.66. The average molecular weight is 567 g/mol. The molecule has 0 heterocycles. The monoisotopic (exact) mass is 566 g/mol. The summed E-state index contributed by atoms with van der Waals surface area (Å²) in [5.41, 5.74) is 1.86. The first-order valence-electron chi connectivity index (χ1n) is 13.1. The standard InChI is InChI=1S/C28H38O8S2/c1-25(2)21-9-11-27(25,15-37-36-35-31)23(29)19(21)13-17-5-7-18(8-6-17)14-20-22-10-12-28(24(20)30,26(22,3)4)16-38(32,33)34/h5-8,13-14,21-24,29-31H,9-12,15-16H2,1-4H3,(H,32,33,34). The summed E-state index contributed by atoms with van der Waals surface area (Å²) in [4.78, 5) is 0. The third-order valence-electron chi connectivity index (χ3n) is 11.0. The number of rotatable bonds is 8. The van der Waals surface area contributed by atoms with E-state index in [0.717, 1.165) is 53.6 Å². The fourth-order valence-corrected chi connectivity index (χ4v) is 10.9. The van der Waals surface area contributed by atoms with Crippen molar-refractivity contribution >= 4 is 34.3 Å². The van der Waals surface area contributed by atoms with Crippen molar-refractivity contribution in [3.05, 3.63) is 46.5 Å². The van der Waals surface area contributed by atoms with Gasteiger partial charge in [0, 0.05) is 28.6 Å². The van der Waals surface area contributed by atoms with Gasteiger partial charge in [-0.15, -0.1) is 4.33 Å². The van der Waals surface area contributed by atoms with E-state index in [1.54, 1.807) is 0 Å². The van der Waals surface area contributed by atoms with E-state index >= 15 is 0 Å². The Balaban J connectivity index is 1.39. The van der Waals surface area contributed by atoms with Gasteiger partial charge in [0.15, 0.2) is 0 Å². The third-order valence-corrected chi connectivity index (χ3v) is 12.7. The van der Waals surface area contributed by atoms with Crippen LogP contribution in [0, 0.1) is 33.5 Å². The van der Waals surface area contributed by atoms with Crippen LogP contribution in [0.3, 0.4) is 0 Å². The molecule has 8 nitrogen and oxygen atoms in total. The van der Waals surface area contributed by atoms with Crippen molar-refractivity contribution in [2.24, 2.45) is 33.5 Å². The topological polar surface area (TPSA) is 134 Å². The molecule has 4 aliphatic carbocycles. The average Bonchev–Trinajstić information content (AvgIpc) is 3.34. The minimum atomic E-state index is -4.24. The molecule has 1 aromatic rings. The van der Waals surface area contributed by atoms with Crippen LogP contribution in [-0.4, -0.2) is 52.2 Å². The normalized spacial score (nSPS) is 39.1. The summed E-state index contributed by atoms with van der Waals surface area (Å²) in [5.74, 6) is 0.344. The Labute approximate surface area is 228 Å². The van der Waals surface area contributed by atoms with Gasteiger partial charge in [-0.05, 0) is 70.6 Å². The van der Waals surface area contributed by atoms with Gasteiger partial charge in [-0.1, -0.05) is 69.2 Å². The zero-order valence-electron chi connectivity index (χ0n) is 22.3. The van der Waals surface area contributed by atoms with Crippen LogP contribution in [0.2, 0.25) is 0 Å². The maximum Gasteiger partial charge on any atom is 0.265 e. The molecule has 4 N–H and O–H groups in total. The zero-order valence-corrected chi connectivity index (χ0v) is 23.9. The molecule has 4 bridgehead atoms. The van der Waals surface area contributed by atoms with Crippen LogP contribution in [-0.2, 0) is 19.5 Å². The first-order valence-corrected chi connectivity index (χ1v) is 15.7. The summed E-state index contributed by atoms with van der Waals surface area (Å²) >= 11 is 1.01. The molecule has 210 valence electrons. The molecule has 5 rings (SSSR count). The molecule has 0 spiro atoms. The smallest absolute Gasteiger partial charge is 0.265 e. The van der Waals surface area contributed by atoms with Gasteiger partial charge in [-0.3, -0.25) is 4.55 Å². The van der Waals surface area contributed by atoms with E-state index in [-0.39, 0.29) is 22.7 Å². The van der Waals surface area contributed by atoms with Crippen molar-refractivity contribution in [1.29, 1.82) is 0 Å². The van der Waals surface area contributed by atoms with Crippen LogP contribution < -0.4 is 0 Å². The van der Waals surface area contributed by atoms with Crippen LogP contribution in [0.25, 0.3) is 12.2 Å². The summed E-state index contributed by atoms with van der Waals surface area (Å²) in [6.45, 7) is 8.35. The second-order valence-electron chi connectivity index (χ2n) is 12.8. The molecule has 38 heavy (non-hydrogen) atoms. The molecule has 4 fully saturated rings. The van der Waals surface area contributed by atoms with Gasteiger partial charge in [0.1, 0.15) is 0 Å². The van der Waals surface area contributed by atoms with E-state index in [1.165, 1.54) is 0 Å². The maximum absolute atomic E-state index is 11.8. The van der Waals surface area contributed by atoms with E-state index < -0.39 is 38.9 Å². The second-order valence-corrected chi connectivity index (χ2v) is 14.9. The minimum Gasteiger partial charge on any atom is -0.388 e. The number of fused-ring (bicyclic) bond motifs is 4. The lowest BCUT2D eigenvalue weighted by Crippen LogP contribution is -2.44. The predicted molar refractivity (Wildman–Crippen MR) is 146 cm³/mol. The second kappa shape index (κ2) is 9.41. The van der Waals surface area contributed by atoms with Crippen LogP contribution in [0.1, 0.15) is 64.5 Å². The zero-order chi connectivity index (χ0) is 27.7. The number of aliphatic hydroxyl groups excluding tert-OH is 2. The fourth-order valence-electron chi connectivity index (χ4n) is 8.61. The Morgan fingerprint density at radius 1 is 0.895 bits per heavy atom. The molecule has 0 radical (unpaired) electrons. The van der Waals surface area contributed by atoms with E-state index in [1.807, 2.05) is 44.2 Å². The lowest BCUT2D eigenvalue weighted by molar-refractivity contribution is -0.432. The minimum absolute atomic E-state index is 0.0433. The number of hydrogen-bond donors (Lipinski definition) is 4. The largest absolute Gasteiger partial charge is 0.388 e. The van der Waals surface area contributed by atoms with E-state index in [9.17, 15) is 23.2 Å².